The number of hydrogen-bond donors (Lipinski definition) is 2. The number of aromatic amines is 1. The second-order valence-corrected chi connectivity index (χ2v) is 5.23. The van der Waals surface area contributed by atoms with Crippen LogP contribution in [-0.4, -0.2) is 21.7 Å². The molecule has 2 rings (SSSR count). The van der Waals surface area contributed by atoms with E-state index >= 15 is 0 Å². The van der Waals surface area contributed by atoms with Crippen LogP contribution in [0.4, 0.5) is 4.39 Å². The molecule has 19 heavy (non-hydrogen) atoms. The van der Waals surface area contributed by atoms with E-state index in [1.165, 1.54) is 18.5 Å². The molecule has 1 unspecified atom stereocenters. The number of aryl methyl sites for hydroxylation is 1. The van der Waals surface area contributed by atoms with Crippen LogP contribution in [0.2, 0.25) is 0 Å². The standard InChI is InChI=1S/C13H16BrFN4/c1-9(11-5-4-10(15)7-12(11)14)16-6-2-3-13-17-8-18-19-13/h4-5,7-9,16H,2-3,6H2,1H3,(H,17,18,19). The Morgan fingerprint density at radius 1 is 1.47 bits per heavy atom. The molecule has 1 atom stereocenters. The summed E-state index contributed by atoms with van der Waals surface area (Å²) in [6.07, 6.45) is 3.35. The maximum atomic E-state index is 13.0. The number of halogens is 2. The molecular formula is C13H16BrFN4. The third-order valence-electron chi connectivity index (χ3n) is 2.93. The molecular weight excluding hydrogens is 311 g/mol. The number of nitrogens with zero attached hydrogens (tertiary/aromatic N) is 2. The second kappa shape index (κ2) is 6.77. The number of nitrogens with one attached hydrogen (secondary N) is 2. The van der Waals surface area contributed by atoms with Crippen molar-refractivity contribution in [2.75, 3.05) is 6.54 Å². The Morgan fingerprint density at radius 3 is 3.00 bits per heavy atom. The summed E-state index contributed by atoms with van der Waals surface area (Å²) in [5.74, 6) is 0.672. The van der Waals surface area contributed by atoms with Crippen LogP contribution in [0, 0.1) is 5.82 Å². The molecule has 0 aliphatic rings. The van der Waals surface area contributed by atoms with Crippen molar-refractivity contribution in [2.24, 2.45) is 0 Å². The van der Waals surface area contributed by atoms with Crippen LogP contribution in [0.3, 0.4) is 0 Å². The number of rotatable bonds is 6. The Morgan fingerprint density at radius 2 is 2.32 bits per heavy atom. The lowest BCUT2D eigenvalue weighted by Gasteiger charge is -2.15. The molecule has 4 nitrogen and oxygen atoms in total. The van der Waals surface area contributed by atoms with Gasteiger partial charge in [0, 0.05) is 16.9 Å². The third kappa shape index (κ3) is 4.11. The number of hydrogen-bond acceptors (Lipinski definition) is 3. The van der Waals surface area contributed by atoms with E-state index in [0.29, 0.717) is 0 Å². The van der Waals surface area contributed by atoms with Crippen molar-refractivity contribution in [1.29, 1.82) is 0 Å². The van der Waals surface area contributed by atoms with E-state index in [1.807, 2.05) is 0 Å². The Kier molecular flexibility index (Phi) is 5.04. The maximum absolute atomic E-state index is 13.0. The zero-order valence-electron chi connectivity index (χ0n) is 10.7. The smallest absolute Gasteiger partial charge is 0.137 e. The minimum absolute atomic E-state index is 0.171. The van der Waals surface area contributed by atoms with E-state index in [2.05, 4.69) is 43.4 Å². The quantitative estimate of drug-likeness (QED) is 0.802. The summed E-state index contributed by atoms with van der Waals surface area (Å²) >= 11 is 3.38. The molecule has 0 aliphatic heterocycles. The number of benzene rings is 1. The molecule has 0 radical (unpaired) electrons. The molecule has 1 aromatic heterocycles. The van der Waals surface area contributed by atoms with Gasteiger partial charge in [-0.15, -0.1) is 0 Å². The fourth-order valence-electron chi connectivity index (χ4n) is 1.89. The number of aromatic nitrogens is 3. The van der Waals surface area contributed by atoms with Gasteiger partial charge in [0.2, 0.25) is 0 Å². The molecule has 2 N–H and O–H groups in total. The molecule has 0 bridgehead atoms. The van der Waals surface area contributed by atoms with Gasteiger partial charge in [-0.2, -0.15) is 5.10 Å². The van der Waals surface area contributed by atoms with Crippen molar-refractivity contribution in [3.8, 4) is 0 Å². The first-order valence-corrected chi connectivity index (χ1v) is 6.98. The van der Waals surface area contributed by atoms with Crippen molar-refractivity contribution in [2.45, 2.75) is 25.8 Å². The van der Waals surface area contributed by atoms with E-state index < -0.39 is 0 Å². The van der Waals surface area contributed by atoms with Crippen LogP contribution >= 0.6 is 15.9 Å². The van der Waals surface area contributed by atoms with E-state index in [4.69, 9.17) is 0 Å². The molecule has 0 fully saturated rings. The normalized spacial score (nSPS) is 12.6. The summed E-state index contributed by atoms with van der Waals surface area (Å²) < 4.78 is 13.8. The van der Waals surface area contributed by atoms with Crippen LogP contribution < -0.4 is 5.32 Å². The molecule has 0 saturated carbocycles. The summed E-state index contributed by atoms with van der Waals surface area (Å²) in [6.45, 7) is 2.93. The lowest BCUT2D eigenvalue weighted by atomic mass is 10.1. The minimum Gasteiger partial charge on any atom is -0.310 e. The monoisotopic (exact) mass is 326 g/mol. The summed E-state index contributed by atoms with van der Waals surface area (Å²) in [5, 5.41) is 10.0. The van der Waals surface area contributed by atoms with Gasteiger partial charge in [0.25, 0.3) is 0 Å². The van der Waals surface area contributed by atoms with Gasteiger partial charge in [-0.3, -0.25) is 5.10 Å². The van der Waals surface area contributed by atoms with Gasteiger partial charge in [-0.05, 0) is 37.6 Å². The topological polar surface area (TPSA) is 53.6 Å². The average molecular weight is 327 g/mol. The highest BCUT2D eigenvalue weighted by molar-refractivity contribution is 9.10. The fourth-order valence-corrected chi connectivity index (χ4v) is 2.58. The van der Waals surface area contributed by atoms with Crippen LogP contribution in [-0.2, 0) is 6.42 Å². The first kappa shape index (κ1) is 14.1. The Balaban J connectivity index is 1.79. The minimum atomic E-state index is -0.229. The summed E-state index contributed by atoms with van der Waals surface area (Å²) in [4.78, 5) is 4.07. The number of H-pyrrole nitrogens is 1. The largest absolute Gasteiger partial charge is 0.310 e. The van der Waals surface area contributed by atoms with E-state index in [-0.39, 0.29) is 11.9 Å². The predicted octanol–water partition coefficient (Wildman–Crippen LogP) is 2.99. The summed E-state index contributed by atoms with van der Waals surface area (Å²) in [5.41, 5.74) is 1.06. The maximum Gasteiger partial charge on any atom is 0.137 e. The molecule has 0 saturated heterocycles. The third-order valence-corrected chi connectivity index (χ3v) is 3.62. The lowest BCUT2D eigenvalue weighted by molar-refractivity contribution is 0.550. The zero-order valence-corrected chi connectivity index (χ0v) is 12.2. The van der Waals surface area contributed by atoms with Crippen LogP contribution in [0.1, 0.15) is 30.8 Å². The molecule has 0 aliphatic carbocycles. The van der Waals surface area contributed by atoms with Gasteiger partial charge in [-0.1, -0.05) is 22.0 Å². The first-order chi connectivity index (χ1) is 9.16. The highest BCUT2D eigenvalue weighted by Gasteiger charge is 2.09. The molecule has 0 amide bonds. The SMILES string of the molecule is CC(NCCCc1ncn[nH]1)c1ccc(F)cc1Br. The lowest BCUT2D eigenvalue weighted by Crippen LogP contribution is -2.20. The summed E-state index contributed by atoms with van der Waals surface area (Å²) in [6, 6.07) is 4.94. The van der Waals surface area contributed by atoms with Crippen molar-refractivity contribution in [3.05, 3.63) is 46.2 Å². The van der Waals surface area contributed by atoms with Crippen molar-refractivity contribution in [1.82, 2.24) is 20.5 Å². The van der Waals surface area contributed by atoms with Crippen molar-refractivity contribution < 1.29 is 4.39 Å². The Labute approximate surface area is 120 Å². The molecule has 6 heteroatoms. The Bertz CT molecular complexity index is 515. The highest BCUT2D eigenvalue weighted by atomic mass is 79.9. The van der Waals surface area contributed by atoms with Crippen LogP contribution in [0.15, 0.2) is 29.0 Å². The molecule has 1 heterocycles. The zero-order chi connectivity index (χ0) is 13.7. The van der Waals surface area contributed by atoms with E-state index in [9.17, 15) is 4.39 Å². The van der Waals surface area contributed by atoms with E-state index in [0.717, 1.165) is 35.2 Å². The molecule has 0 spiro atoms. The summed E-state index contributed by atoms with van der Waals surface area (Å²) in [7, 11) is 0. The van der Waals surface area contributed by atoms with Gasteiger partial charge in [0.15, 0.2) is 0 Å². The van der Waals surface area contributed by atoms with Gasteiger partial charge < -0.3 is 5.32 Å². The fraction of sp³-hybridized carbons (Fsp3) is 0.385. The van der Waals surface area contributed by atoms with E-state index in [1.54, 1.807) is 6.07 Å². The molecule has 2 aromatic rings. The predicted molar refractivity (Wildman–Crippen MR) is 75.2 cm³/mol. The average Bonchev–Trinajstić information content (AvgIpc) is 2.87. The van der Waals surface area contributed by atoms with Gasteiger partial charge in [-0.25, -0.2) is 9.37 Å². The first-order valence-electron chi connectivity index (χ1n) is 6.19. The van der Waals surface area contributed by atoms with Gasteiger partial charge >= 0.3 is 0 Å². The second-order valence-electron chi connectivity index (χ2n) is 4.38. The molecule has 102 valence electrons. The van der Waals surface area contributed by atoms with Crippen molar-refractivity contribution >= 4 is 15.9 Å². The van der Waals surface area contributed by atoms with Gasteiger partial charge in [0.05, 0.1) is 0 Å². The highest BCUT2D eigenvalue weighted by Crippen LogP contribution is 2.24. The Hall–Kier alpha value is -1.27. The van der Waals surface area contributed by atoms with Gasteiger partial charge in [0.1, 0.15) is 18.0 Å². The van der Waals surface area contributed by atoms with Crippen molar-refractivity contribution in [3.63, 3.8) is 0 Å². The molecule has 1 aromatic carbocycles. The van der Waals surface area contributed by atoms with Crippen LogP contribution in [0.5, 0.6) is 0 Å². The van der Waals surface area contributed by atoms with Crippen LogP contribution in [0.25, 0.3) is 0 Å².